The second-order valence-electron chi connectivity index (χ2n) is 18.7. The average Bonchev–Trinajstić information content (AvgIpc) is 4.16. The van der Waals surface area contributed by atoms with Gasteiger partial charge in [-0.3, -0.25) is 0 Å². The molecule has 15 rings (SSSR count). The Balaban J connectivity index is 0.954. The third-order valence-corrected chi connectivity index (χ3v) is 14.4. The van der Waals surface area contributed by atoms with E-state index in [0.29, 0.717) is 17.5 Å². The molecule has 0 fully saturated rings. The lowest BCUT2D eigenvalue weighted by molar-refractivity contribution is 0.669. The Bertz CT molecular complexity index is 4680. The second-order valence-corrected chi connectivity index (χ2v) is 18.7. The number of aromatic nitrogens is 4. The minimum absolute atomic E-state index is 0.562. The van der Waals surface area contributed by atoms with E-state index in [1.54, 1.807) is 0 Å². The van der Waals surface area contributed by atoms with Crippen LogP contribution in [-0.4, -0.2) is 19.5 Å². The van der Waals surface area contributed by atoms with Crippen molar-refractivity contribution in [3.8, 4) is 73.2 Å². The summed E-state index contributed by atoms with van der Waals surface area (Å²) < 4.78 is 15.8. The van der Waals surface area contributed by atoms with Crippen molar-refractivity contribution in [2.75, 3.05) is 0 Å². The van der Waals surface area contributed by atoms with Gasteiger partial charge >= 0.3 is 0 Å². The molecule has 4 heterocycles. The van der Waals surface area contributed by atoms with E-state index in [1.165, 1.54) is 27.3 Å². The highest BCUT2D eigenvalue weighted by Crippen LogP contribution is 2.47. The molecule has 0 radical (unpaired) electrons. The molecular weight excluding hydrogens is 893 g/mol. The maximum Gasteiger partial charge on any atom is 0.164 e. The van der Waals surface area contributed by atoms with Gasteiger partial charge in [-0.2, -0.15) is 0 Å². The van der Waals surface area contributed by atoms with Crippen LogP contribution in [0.5, 0.6) is 0 Å². The van der Waals surface area contributed by atoms with Crippen LogP contribution in [0.25, 0.3) is 150 Å². The first-order chi connectivity index (χ1) is 36.2. The van der Waals surface area contributed by atoms with Crippen molar-refractivity contribution >= 4 is 76.5 Å². The molecule has 6 heteroatoms. The average molecular weight is 933 g/mol. The highest BCUT2D eigenvalue weighted by atomic mass is 16.3. The van der Waals surface area contributed by atoms with Crippen molar-refractivity contribution < 1.29 is 8.83 Å². The summed E-state index contributed by atoms with van der Waals surface area (Å²) in [5.41, 5.74) is 15.7. The molecule has 0 saturated heterocycles. The molecule has 4 aromatic heterocycles. The predicted octanol–water partition coefficient (Wildman–Crippen LogP) is 17.9. The maximum absolute atomic E-state index is 7.03. The Morgan fingerprint density at radius 2 is 0.890 bits per heavy atom. The molecule has 0 unspecified atom stereocenters. The van der Waals surface area contributed by atoms with E-state index < -0.39 is 0 Å². The maximum atomic E-state index is 7.03. The molecule has 0 aliphatic rings. The summed E-state index contributed by atoms with van der Waals surface area (Å²) in [5.74, 6) is 1.72. The number of para-hydroxylation sites is 3. The van der Waals surface area contributed by atoms with Gasteiger partial charge in [0.15, 0.2) is 17.5 Å². The Morgan fingerprint density at radius 1 is 0.301 bits per heavy atom. The largest absolute Gasteiger partial charge is 0.456 e. The van der Waals surface area contributed by atoms with Gasteiger partial charge in [0, 0.05) is 65.8 Å². The zero-order valence-corrected chi connectivity index (χ0v) is 39.2. The molecule has 0 saturated carbocycles. The summed E-state index contributed by atoms with van der Waals surface area (Å²) in [6.45, 7) is 0. The van der Waals surface area contributed by atoms with E-state index in [4.69, 9.17) is 23.8 Å². The highest BCUT2D eigenvalue weighted by Gasteiger charge is 2.24. The number of fused-ring (bicyclic) bond motifs is 11. The molecule has 0 amide bonds. The van der Waals surface area contributed by atoms with Gasteiger partial charge in [0.1, 0.15) is 22.3 Å². The summed E-state index contributed by atoms with van der Waals surface area (Å²) >= 11 is 0. The van der Waals surface area contributed by atoms with Crippen LogP contribution in [0.3, 0.4) is 0 Å². The van der Waals surface area contributed by atoms with Crippen LogP contribution < -0.4 is 0 Å². The number of nitrogens with zero attached hydrogens (tertiary/aromatic N) is 4. The molecule has 0 spiro atoms. The minimum atomic E-state index is 0.562. The van der Waals surface area contributed by atoms with Crippen LogP contribution >= 0.6 is 0 Å². The molecule has 73 heavy (non-hydrogen) atoms. The number of benzene rings is 11. The van der Waals surface area contributed by atoms with Crippen LogP contribution in [0, 0.1) is 0 Å². The minimum Gasteiger partial charge on any atom is -0.456 e. The van der Waals surface area contributed by atoms with Crippen LogP contribution in [0.4, 0.5) is 0 Å². The first-order valence-electron chi connectivity index (χ1n) is 24.6. The standard InChI is InChI=1S/C67H40N4O2/c1-3-16-41(17-4-1)44-21-13-22-45(38-44)50-35-36-54(64-62(50)55-27-10-12-31-59(55)73-64)53-28-15-29-56-61-49-25-8-7-18-42(49)33-37-57(61)71(63(53)56)48-24-14-23-46(39-48)66-68-65(43-19-5-2-6-20-43)69-67(70-66)47-32-34-52-51-26-9-11-30-58(51)72-60(52)40-47/h1-40H. The molecule has 15 aromatic rings. The van der Waals surface area contributed by atoms with Gasteiger partial charge < -0.3 is 13.4 Å². The fourth-order valence-corrected chi connectivity index (χ4v) is 11.1. The Morgan fingerprint density at radius 3 is 1.71 bits per heavy atom. The third kappa shape index (κ3) is 6.62. The smallest absolute Gasteiger partial charge is 0.164 e. The first kappa shape index (κ1) is 40.9. The fourth-order valence-electron chi connectivity index (χ4n) is 11.1. The Hall–Kier alpha value is -9.91. The Labute approximate surface area is 418 Å². The molecular formula is C67H40N4O2. The van der Waals surface area contributed by atoms with Gasteiger partial charge in [0.2, 0.25) is 0 Å². The lowest BCUT2D eigenvalue weighted by Crippen LogP contribution is -2.01. The summed E-state index contributed by atoms with van der Waals surface area (Å²) in [6.07, 6.45) is 0. The molecule has 340 valence electrons. The SMILES string of the molecule is c1ccc(-c2cccc(-c3ccc(-c4cccc5c6c7ccccc7ccc6n(-c6cccc(-c7nc(-c8ccccc8)nc(-c8ccc9c(c8)oc8ccccc89)n7)c6)c45)c4oc5ccccc5c34)c2)cc1. The summed E-state index contributed by atoms with van der Waals surface area (Å²) in [7, 11) is 0. The van der Waals surface area contributed by atoms with E-state index in [9.17, 15) is 0 Å². The number of hydrogen-bond acceptors (Lipinski definition) is 5. The summed E-state index contributed by atoms with van der Waals surface area (Å²) in [6, 6.07) is 85.2. The van der Waals surface area contributed by atoms with Gasteiger partial charge in [-0.05, 0) is 87.6 Å². The van der Waals surface area contributed by atoms with E-state index >= 15 is 0 Å². The van der Waals surface area contributed by atoms with E-state index in [-0.39, 0.29) is 0 Å². The van der Waals surface area contributed by atoms with Crippen LogP contribution in [0.2, 0.25) is 0 Å². The molecule has 0 N–H and O–H groups in total. The van der Waals surface area contributed by atoms with Gasteiger partial charge in [-0.1, -0.05) is 188 Å². The first-order valence-corrected chi connectivity index (χ1v) is 24.6. The lowest BCUT2D eigenvalue weighted by Gasteiger charge is -2.15. The van der Waals surface area contributed by atoms with Gasteiger partial charge in [-0.25, -0.2) is 15.0 Å². The summed E-state index contributed by atoms with van der Waals surface area (Å²) in [5, 5.41) is 9.00. The third-order valence-electron chi connectivity index (χ3n) is 14.4. The zero-order chi connectivity index (χ0) is 48.0. The van der Waals surface area contributed by atoms with Crippen molar-refractivity contribution in [1.29, 1.82) is 0 Å². The zero-order valence-electron chi connectivity index (χ0n) is 39.2. The van der Waals surface area contributed by atoms with Crippen molar-refractivity contribution in [3.63, 3.8) is 0 Å². The van der Waals surface area contributed by atoms with E-state index in [0.717, 1.165) is 105 Å². The topological polar surface area (TPSA) is 69.9 Å². The molecule has 0 bridgehead atoms. The second kappa shape index (κ2) is 16.3. The quantitative estimate of drug-likeness (QED) is 0.159. The van der Waals surface area contributed by atoms with Crippen molar-refractivity contribution in [2.24, 2.45) is 0 Å². The Kier molecular flexibility index (Phi) is 9.16. The number of furan rings is 2. The van der Waals surface area contributed by atoms with Gasteiger partial charge in [0.05, 0.1) is 11.0 Å². The van der Waals surface area contributed by atoms with Crippen molar-refractivity contribution in [2.45, 2.75) is 0 Å². The monoisotopic (exact) mass is 932 g/mol. The van der Waals surface area contributed by atoms with Gasteiger partial charge in [-0.15, -0.1) is 0 Å². The van der Waals surface area contributed by atoms with E-state index in [2.05, 4.69) is 187 Å². The van der Waals surface area contributed by atoms with Crippen LogP contribution in [-0.2, 0) is 0 Å². The fraction of sp³-hybridized carbons (Fsp3) is 0. The lowest BCUT2D eigenvalue weighted by atomic mass is 9.92. The van der Waals surface area contributed by atoms with Crippen molar-refractivity contribution in [1.82, 2.24) is 19.5 Å². The number of hydrogen-bond donors (Lipinski definition) is 0. The predicted molar refractivity (Wildman–Crippen MR) is 299 cm³/mol. The normalized spacial score (nSPS) is 11.8. The molecule has 6 nitrogen and oxygen atoms in total. The number of rotatable bonds is 7. The molecule has 0 atom stereocenters. The molecule has 0 aliphatic heterocycles. The van der Waals surface area contributed by atoms with Crippen molar-refractivity contribution in [3.05, 3.63) is 243 Å². The van der Waals surface area contributed by atoms with Crippen LogP contribution in [0.15, 0.2) is 251 Å². The highest BCUT2D eigenvalue weighted by molar-refractivity contribution is 6.25. The molecule has 0 aliphatic carbocycles. The van der Waals surface area contributed by atoms with Crippen LogP contribution in [0.1, 0.15) is 0 Å². The van der Waals surface area contributed by atoms with E-state index in [1.807, 2.05) is 60.7 Å². The van der Waals surface area contributed by atoms with Gasteiger partial charge in [0.25, 0.3) is 0 Å². The summed E-state index contributed by atoms with van der Waals surface area (Å²) in [4.78, 5) is 15.5. The molecule has 11 aromatic carbocycles.